The molecule has 0 saturated heterocycles. The number of anilines is 4. The predicted octanol–water partition coefficient (Wildman–Crippen LogP) is 6.05. The molecule has 52 heavy (non-hydrogen) atoms. The van der Waals surface area contributed by atoms with Crippen LogP contribution in [0, 0.1) is 0 Å². The van der Waals surface area contributed by atoms with E-state index in [1.54, 1.807) is 0 Å². The van der Waals surface area contributed by atoms with Gasteiger partial charge in [0, 0.05) is 44.6 Å². The number of hydrogen-bond acceptors (Lipinski definition) is 9. The van der Waals surface area contributed by atoms with Crippen molar-refractivity contribution < 1.29 is 50.5 Å². The maximum absolute atomic E-state index is 12.8. The Labute approximate surface area is 295 Å². The fourth-order valence-corrected chi connectivity index (χ4v) is 6.46. The Bertz CT molecular complexity index is 2460. The third kappa shape index (κ3) is 7.62. The summed E-state index contributed by atoms with van der Waals surface area (Å²) in [4.78, 5) is 37.0. The molecule has 0 heterocycles. The Kier molecular flexibility index (Phi) is 9.26. The van der Waals surface area contributed by atoms with Gasteiger partial charge in [0.05, 0.1) is 0 Å². The summed E-state index contributed by atoms with van der Waals surface area (Å²) in [5.41, 5.74) is 1.99. The molecule has 6 rings (SSSR count). The monoisotopic (exact) mass is 742 g/mol. The van der Waals surface area contributed by atoms with Crippen LogP contribution >= 0.6 is 0 Å². The molecule has 0 aliphatic heterocycles. The minimum Gasteiger partial charge on any atom is -0.506 e. The summed E-state index contributed by atoms with van der Waals surface area (Å²) in [5.74, 6) is -2.19. The fourth-order valence-electron chi connectivity index (χ4n) is 5.27. The molecule has 0 spiro atoms. The number of urea groups is 1. The standard InChI is InChI=1S/C35H26N4O11S2/c40-31-27-13-11-25(17-21(27)5-15-29(31)51(45,46)47)36-33(42)19-1-7-23(8-2-19)38-35(44)39-24-9-3-20(4-10-24)34(43)37-26-12-14-28-22(18-26)6-16-30(32(28)41)52(48,49)50/h1-18,40-41H,(H,36,42)(H,37,43)(H2,38,39,44)(H,45,46,47)(H,48,49,50). The van der Waals surface area contributed by atoms with Gasteiger partial charge in [-0.25, -0.2) is 4.79 Å². The molecular weight excluding hydrogens is 717 g/mol. The summed E-state index contributed by atoms with van der Waals surface area (Å²) in [6.45, 7) is 0. The number of amides is 4. The van der Waals surface area contributed by atoms with E-state index >= 15 is 0 Å². The van der Waals surface area contributed by atoms with E-state index in [9.17, 15) is 50.5 Å². The molecule has 6 aromatic rings. The number of fused-ring (bicyclic) bond motifs is 2. The second-order valence-electron chi connectivity index (χ2n) is 11.3. The molecule has 0 atom stereocenters. The molecule has 4 amide bonds. The highest BCUT2D eigenvalue weighted by Crippen LogP contribution is 2.34. The number of hydrogen-bond donors (Lipinski definition) is 8. The predicted molar refractivity (Wildman–Crippen MR) is 192 cm³/mol. The van der Waals surface area contributed by atoms with Crippen molar-refractivity contribution in [3.63, 3.8) is 0 Å². The Morgan fingerprint density at radius 2 is 0.788 bits per heavy atom. The highest BCUT2D eigenvalue weighted by molar-refractivity contribution is 7.86. The number of phenols is 2. The Balaban J connectivity index is 1.03. The largest absolute Gasteiger partial charge is 0.506 e. The van der Waals surface area contributed by atoms with Crippen molar-refractivity contribution in [2.24, 2.45) is 0 Å². The van der Waals surface area contributed by atoms with Gasteiger partial charge in [-0.05, 0) is 108 Å². The second-order valence-corrected chi connectivity index (χ2v) is 14.1. The second kappa shape index (κ2) is 13.6. The van der Waals surface area contributed by atoms with Gasteiger partial charge in [-0.1, -0.05) is 12.1 Å². The van der Waals surface area contributed by atoms with Gasteiger partial charge < -0.3 is 31.5 Å². The van der Waals surface area contributed by atoms with E-state index in [-0.39, 0.29) is 21.9 Å². The van der Waals surface area contributed by atoms with Crippen molar-refractivity contribution >= 4 is 82.4 Å². The van der Waals surface area contributed by atoms with Gasteiger partial charge in [0.25, 0.3) is 32.1 Å². The van der Waals surface area contributed by atoms with Crippen LogP contribution in [0.3, 0.4) is 0 Å². The van der Waals surface area contributed by atoms with E-state index in [4.69, 9.17) is 0 Å². The molecule has 8 N–H and O–H groups in total. The van der Waals surface area contributed by atoms with Crippen LogP contribution in [-0.4, -0.2) is 54.0 Å². The quantitative estimate of drug-likeness (QED) is 0.0834. The Morgan fingerprint density at radius 3 is 1.13 bits per heavy atom. The first kappa shape index (κ1) is 35.3. The number of nitrogens with one attached hydrogen (secondary N) is 4. The van der Waals surface area contributed by atoms with Crippen molar-refractivity contribution in [3.8, 4) is 11.5 Å². The maximum atomic E-state index is 12.8. The summed E-state index contributed by atoms with van der Waals surface area (Å²) in [5, 5.41) is 32.3. The average molecular weight is 743 g/mol. The van der Waals surface area contributed by atoms with Crippen LogP contribution in [0.25, 0.3) is 21.5 Å². The van der Waals surface area contributed by atoms with Crippen LogP contribution in [0.1, 0.15) is 20.7 Å². The van der Waals surface area contributed by atoms with Crippen molar-refractivity contribution in [3.05, 3.63) is 120 Å². The first-order chi connectivity index (χ1) is 24.6. The van der Waals surface area contributed by atoms with E-state index in [2.05, 4.69) is 21.3 Å². The number of carbonyl (C=O) groups excluding carboxylic acids is 3. The smallest absolute Gasteiger partial charge is 0.323 e. The van der Waals surface area contributed by atoms with Crippen molar-refractivity contribution in [2.75, 3.05) is 21.3 Å². The number of benzene rings is 6. The zero-order valence-electron chi connectivity index (χ0n) is 26.4. The third-order valence-corrected chi connectivity index (χ3v) is 9.56. The first-order valence-electron chi connectivity index (χ1n) is 14.9. The number of aromatic hydroxyl groups is 2. The van der Waals surface area contributed by atoms with Crippen molar-refractivity contribution in [1.29, 1.82) is 0 Å². The molecule has 0 aromatic heterocycles. The summed E-state index contributed by atoms with van der Waals surface area (Å²) < 4.78 is 64.3. The van der Waals surface area contributed by atoms with E-state index in [0.29, 0.717) is 33.5 Å². The molecule has 0 bridgehead atoms. The van der Waals surface area contributed by atoms with Crippen LogP contribution < -0.4 is 21.3 Å². The number of rotatable bonds is 8. The SMILES string of the molecule is O=C(Nc1ccc(C(=O)Nc2ccc3c(O)c(S(=O)(=O)O)ccc3c2)cc1)Nc1ccc(C(=O)Nc2ccc3c(O)c(S(=O)(=O)O)ccc3c2)cc1. The Morgan fingerprint density at radius 1 is 0.442 bits per heavy atom. The van der Waals surface area contributed by atoms with Crippen LogP contribution in [0.15, 0.2) is 119 Å². The molecule has 15 nitrogen and oxygen atoms in total. The normalized spacial score (nSPS) is 11.6. The van der Waals surface area contributed by atoms with E-state index < -0.39 is 59.4 Å². The van der Waals surface area contributed by atoms with Crippen LogP contribution in [0.2, 0.25) is 0 Å². The zero-order valence-corrected chi connectivity index (χ0v) is 28.0. The van der Waals surface area contributed by atoms with Crippen LogP contribution in [-0.2, 0) is 20.2 Å². The number of phenolic OH excluding ortho intramolecular Hbond substituents is 2. The molecule has 0 unspecified atom stereocenters. The van der Waals surface area contributed by atoms with Crippen LogP contribution in [0.4, 0.5) is 27.5 Å². The lowest BCUT2D eigenvalue weighted by Gasteiger charge is -2.11. The van der Waals surface area contributed by atoms with Crippen LogP contribution in [0.5, 0.6) is 11.5 Å². The minimum absolute atomic E-state index is 0.160. The molecule has 17 heteroatoms. The molecule has 0 aliphatic rings. The average Bonchev–Trinajstić information content (AvgIpc) is 3.08. The zero-order chi connectivity index (χ0) is 37.4. The lowest BCUT2D eigenvalue weighted by atomic mass is 10.1. The summed E-state index contributed by atoms with van der Waals surface area (Å²) in [6, 6.07) is 25.0. The van der Waals surface area contributed by atoms with Crippen molar-refractivity contribution in [2.45, 2.75) is 9.79 Å². The molecule has 6 aromatic carbocycles. The molecular formula is C35H26N4O11S2. The summed E-state index contributed by atoms with van der Waals surface area (Å²) in [6.07, 6.45) is 0. The topological polar surface area (TPSA) is 249 Å². The van der Waals surface area contributed by atoms with Gasteiger partial charge >= 0.3 is 6.03 Å². The van der Waals surface area contributed by atoms with E-state index in [1.165, 1.54) is 97.1 Å². The third-order valence-electron chi connectivity index (χ3n) is 7.79. The van der Waals surface area contributed by atoms with E-state index in [1.807, 2.05) is 0 Å². The molecule has 264 valence electrons. The maximum Gasteiger partial charge on any atom is 0.323 e. The summed E-state index contributed by atoms with van der Waals surface area (Å²) >= 11 is 0. The van der Waals surface area contributed by atoms with Gasteiger partial charge in [-0.3, -0.25) is 18.7 Å². The highest BCUT2D eigenvalue weighted by Gasteiger charge is 2.19. The number of carbonyl (C=O) groups is 3. The molecule has 0 saturated carbocycles. The minimum atomic E-state index is -4.62. The fraction of sp³-hybridized carbons (Fsp3) is 0. The van der Waals surface area contributed by atoms with Crippen molar-refractivity contribution in [1.82, 2.24) is 0 Å². The van der Waals surface area contributed by atoms with Gasteiger partial charge in [0.2, 0.25) is 0 Å². The van der Waals surface area contributed by atoms with E-state index in [0.717, 1.165) is 12.1 Å². The van der Waals surface area contributed by atoms with Gasteiger partial charge in [-0.15, -0.1) is 0 Å². The Hall–Kier alpha value is -6.53. The van der Waals surface area contributed by atoms with Gasteiger partial charge in [0.1, 0.15) is 21.3 Å². The molecule has 0 fully saturated rings. The van der Waals surface area contributed by atoms with Gasteiger partial charge in [0.15, 0.2) is 0 Å². The molecule has 0 radical (unpaired) electrons. The lowest BCUT2D eigenvalue weighted by Crippen LogP contribution is -2.19. The lowest BCUT2D eigenvalue weighted by molar-refractivity contribution is 0.101. The van der Waals surface area contributed by atoms with Gasteiger partial charge in [-0.2, -0.15) is 16.8 Å². The summed E-state index contributed by atoms with van der Waals surface area (Å²) in [7, 11) is -9.25. The first-order valence-corrected chi connectivity index (χ1v) is 17.8. The molecule has 0 aliphatic carbocycles. The highest BCUT2D eigenvalue weighted by atomic mass is 32.2.